The molecule has 1 amide bonds. The van der Waals surface area contributed by atoms with Crippen molar-refractivity contribution in [3.8, 4) is 0 Å². The van der Waals surface area contributed by atoms with Gasteiger partial charge in [0.25, 0.3) is 0 Å². The van der Waals surface area contributed by atoms with Gasteiger partial charge in [0.1, 0.15) is 6.54 Å². The molecule has 0 saturated carbocycles. The minimum absolute atomic E-state index is 0.143. The van der Waals surface area contributed by atoms with E-state index in [2.05, 4.69) is 47.7 Å². The number of aromatic nitrogens is 3. The van der Waals surface area contributed by atoms with E-state index in [1.165, 1.54) is 11.1 Å². The smallest absolute Gasteiger partial charge is 0.242 e. The molecule has 5 rings (SSSR count). The molecule has 0 N–H and O–H groups in total. The molecule has 5 heteroatoms. The fourth-order valence-corrected chi connectivity index (χ4v) is 4.23. The van der Waals surface area contributed by atoms with Crippen molar-refractivity contribution < 1.29 is 4.79 Å². The molecule has 140 valence electrons. The van der Waals surface area contributed by atoms with Crippen molar-refractivity contribution in [3.63, 3.8) is 0 Å². The maximum absolute atomic E-state index is 13.2. The van der Waals surface area contributed by atoms with Gasteiger partial charge in [0.05, 0.1) is 6.20 Å². The van der Waals surface area contributed by atoms with Gasteiger partial charge in [-0.05, 0) is 34.2 Å². The van der Waals surface area contributed by atoms with E-state index < -0.39 is 0 Å². The largest absolute Gasteiger partial charge is 0.338 e. The second-order valence-electron chi connectivity index (χ2n) is 7.48. The number of hydrogen-bond acceptors (Lipinski definition) is 2. The first-order chi connectivity index (χ1) is 13.7. The Morgan fingerprint density at radius 1 is 1.11 bits per heavy atom. The highest BCUT2D eigenvalue weighted by molar-refractivity contribution is 5.83. The van der Waals surface area contributed by atoms with Crippen molar-refractivity contribution in [1.82, 2.24) is 19.2 Å². The summed E-state index contributed by atoms with van der Waals surface area (Å²) in [5.74, 6) is 0.300. The zero-order valence-corrected chi connectivity index (χ0v) is 15.8. The standard InChI is InChI=1S/C23H22N4O/c1-25-13-19(12-24-25)21-15-27(14-18-7-2-4-8-20(18)21)23(28)16-26-11-10-17-6-3-5-9-22(17)26/h2-13,21H,14-16H2,1H3. The Hall–Kier alpha value is -3.34. The summed E-state index contributed by atoms with van der Waals surface area (Å²) >= 11 is 0. The van der Waals surface area contributed by atoms with Crippen LogP contribution in [0.1, 0.15) is 22.6 Å². The summed E-state index contributed by atoms with van der Waals surface area (Å²) in [7, 11) is 1.93. The topological polar surface area (TPSA) is 43.1 Å². The Kier molecular flexibility index (Phi) is 4.01. The van der Waals surface area contributed by atoms with Crippen LogP contribution >= 0.6 is 0 Å². The van der Waals surface area contributed by atoms with Gasteiger partial charge >= 0.3 is 0 Å². The fourth-order valence-electron chi connectivity index (χ4n) is 4.23. The van der Waals surface area contributed by atoms with Gasteiger partial charge in [-0.3, -0.25) is 9.48 Å². The Morgan fingerprint density at radius 3 is 2.79 bits per heavy atom. The lowest BCUT2D eigenvalue weighted by Gasteiger charge is -2.34. The molecule has 2 aromatic heterocycles. The summed E-state index contributed by atoms with van der Waals surface area (Å²) in [6.07, 6.45) is 5.96. The van der Waals surface area contributed by atoms with Gasteiger partial charge < -0.3 is 9.47 Å². The molecule has 1 unspecified atom stereocenters. The summed E-state index contributed by atoms with van der Waals surface area (Å²) in [6, 6.07) is 18.7. The van der Waals surface area contributed by atoms with Crippen LogP contribution < -0.4 is 0 Å². The number of fused-ring (bicyclic) bond motifs is 2. The Balaban J connectivity index is 1.45. The van der Waals surface area contributed by atoms with Gasteiger partial charge in [-0.25, -0.2) is 0 Å². The molecule has 0 spiro atoms. The lowest BCUT2D eigenvalue weighted by atomic mass is 9.86. The van der Waals surface area contributed by atoms with Crippen LogP contribution in [0.3, 0.4) is 0 Å². The summed E-state index contributed by atoms with van der Waals surface area (Å²) in [4.78, 5) is 15.2. The zero-order valence-electron chi connectivity index (χ0n) is 15.8. The van der Waals surface area contributed by atoms with E-state index in [0.29, 0.717) is 19.6 Å². The second-order valence-corrected chi connectivity index (χ2v) is 7.48. The van der Waals surface area contributed by atoms with E-state index in [4.69, 9.17) is 0 Å². The molecule has 0 saturated heterocycles. The number of aryl methyl sites for hydroxylation is 1. The lowest BCUT2D eigenvalue weighted by molar-refractivity contribution is -0.132. The maximum atomic E-state index is 13.2. The van der Waals surface area contributed by atoms with Gasteiger partial charge in [0, 0.05) is 44.0 Å². The van der Waals surface area contributed by atoms with Crippen LogP contribution in [0.25, 0.3) is 10.9 Å². The molecule has 0 radical (unpaired) electrons. The van der Waals surface area contributed by atoms with Crippen LogP contribution in [0.15, 0.2) is 73.2 Å². The van der Waals surface area contributed by atoms with Crippen molar-refractivity contribution in [2.45, 2.75) is 19.0 Å². The predicted octanol–water partition coefficient (Wildman–Crippen LogP) is 3.55. The molecule has 4 aromatic rings. The Labute approximate surface area is 163 Å². The summed E-state index contributed by atoms with van der Waals surface area (Å²) in [6.45, 7) is 1.70. The highest BCUT2D eigenvalue weighted by Crippen LogP contribution is 2.33. The second kappa shape index (κ2) is 6.68. The lowest BCUT2D eigenvalue weighted by Crippen LogP contribution is -2.40. The number of carbonyl (C=O) groups is 1. The number of carbonyl (C=O) groups excluding carboxylic acids is 1. The number of nitrogens with zero attached hydrogens (tertiary/aromatic N) is 4. The van der Waals surface area contributed by atoms with Gasteiger partial charge in [0.2, 0.25) is 5.91 Å². The first-order valence-corrected chi connectivity index (χ1v) is 9.57. The number of amides is 1. The molecule has 1 atom stereocenters. The van der Waals surface area contributed by atoms with Crippen molar-refractivity contribution in [1.29, 1.82) is 0 Å². The third kappa shape index (κ3) is 2.89. The third-order valence-electron chi connectivity index (χ3n) is 5.66. The van der Waals surface area contributed by atoms with E-state index in [9.17, 15) is 4.79 Å². The predicted molar refractivity (Wildman–Crippen MR) is 109 cm³/mol. The van der Waals surface area contributed by atoms with Crippen LogP contribution in [-0.4, -0.2) is 31.7 Å². The van der Waals surface area contributed by atoms with E-state index >= 15 is 0 Å². The molecule has 1 aliphatic heterocycles. The Morgan fingerprint density at radius 2 is 1.93 bits per heavy atom. The number of benzene rings is 2. The highest BCUT2D eigenvalue weighted by atomic mass is 16.2. The van der Waals surface area contributed by atoms with Crippen LogP contribution in [0.4, 0.5) is 0 Å². The van der Waals surface area contributed by atoms with Crippen LogP contribution in [-0.2, 0) is 24.9 Å². The van der Waals surface area contributed by atoms with Gasteiger partial charge in [-0.1, -0.05) is 42.5 Å². The molecular weight excluding hydrogens is 348 g/mol. The number of hydrogen-bond donors (Lipinski definition) is 0. The third-order valence-corrected chi connectivity index (χ3v) is 5.66. The minimum Gasteiger partial charge on any atom is -0.338 e. The molecule has 28 heavy (non-hydrogen) atoms. The zero-order chi connectivity index (χ0) is 19.1. The molecule has 5 nitrogen and oxygen atoms in total. The summed E-state index contributed by atoms with van der Waals surface area (Å²) < 4.78 is 3.86. The van der Waals surface area contributed by atoms with Gasteiger partial charge in [-0.2, -0.15) is 5.10 Å². The number of rotatable bonds is 3. The monoisotopic (exact) mass is 370 g/mol. The van der Waals surface area contributed by atoms with Gasteiger partial charge in [0.15, 0.2) is 0 Å². The SMILES string of the molecule is Cn1cc(C2CN(C(=O)Cn3ccc4ccccc43)Cc3ccccc32)cn1. The average molecular weight is 370 g/mol. The first kappa shape index (κ1) is 16.8. The first-order valence-electron chi connectivity index (χ1n) is 9.57. The molecule has 0 bridgehead atoms. The van der Waals surface area contributed by atoms with Crippen LogP contribution in [0, 0.1) is 0 Å². The van der Waals surface area contributed by atoms with Crippen LogP contribution in [0.2, 0.25) is 0 Å². The minimum atomic E-state index is 0.143. The maximum Gasteiger partial charge on any atom is 0.242 e. The molecule has 0 fully saturated rings. The fraction of sp³-hybridized carbons (Fsp3) is 0.217. The van der Waals surface area contributed by atoms with E-state index in [-0.39, 0.29) is 11.8 Å². The molecular formula is C23H22N4O. The van der Waals surface area contributed by atoms with E-state index in [0.717, 1.165) is 16.5 Å². The average Bonchev–Trinajstić information content (AvgIpc) is 3.33. The van der Waals surface area contributed by atoms with Crippen LogP contribution in [0.5, 0.6) is 0 Å². The molecule has 0 aliphatic carbocycles. The van der Waals surface area contributed by atoms with Gasteiger partial charge in [-0.15, -0.1) is 0 Å². The Bertz CT molecular complexity index is 1160. The molecule has 3 heterocycles. The van der Waals surface area contributed by atoms with E-state index in [1.807, 2.05) is 51.8 Å². The van der Waals surface area contributed by atoms with E-state index in [1.54, 1.807) is 0 Å². The van der Waals surface area contributed by atoms with Crippen molar-refractivity contribution >= 4 is 16.8 Å². The summed E-state index contributed by atoms with van der Waals surface area (Å²) in [5, 5.41) is 5.50. The highest BCUT2D eigenvalue weighted by Gasteiger charge is 2.29. The summed E-state index contributed by atoms with van der Waals surface area (Å²) in [5.41, 5.74) is 4.76. The van der Waals surface area contributed by atoms with Crippen molar-refractivity contribution in [2.24, 2.45) is 7.05 Å². The molecule has 2 aromatic carbocycles. The normalized spacial score (nSPS) is 16.3. The molecule has 1 aliphatic rings. The van der Waals surface area contributed by atoms with Crippen molar-refractivity contribution in [3.05, 3.63) is 89.9 Å². The van der Waals surface area contributed by atoms with Crippen molar-refractivity contribution in [2.75, 3.05) is 6.54 Å². The quantitative estimate of drug-likeness (QED) is 0.554. The number of para-hydroxylation sites is 1.